The summed E-state index contributed by atoms with van der Waals surface area (Å²) in [5.74, 6) is -0.495. The minimum atomic E-state index is -0.663. The molecule has 19 heavy (non-hydrogen) atoms. The van der Waals surface area contributed by atoms with Gasteiger partial charge in [0.15, 0.2) is 0 Å². The molecule has 1 saturated heterocycles. The van der Waals surface area contributed by atoms with E-state index in [1.165, 1.54) is 20.0 Å². The van der Waals surface area contributed by atoms with Gasteiger partial charge in [-0.2, -0.15) is 0 Å². The lowest BCUT2D eigenvalue weighted by Crippen LogP contribution is -2.45. The molecule has 0 aromatic carbocycles. The topological polar surface area (TPSA) is 67.9 Å². The van der Waals surface area contributed by atoms with Crippen LogP contribution in [-0.4, -0.2) is 56.4 Å². The van der Waals surface area contributed by atoms with Crippen molar-refractivity contribution in [2.45, 2.75) is 32.7 Å². The number of nitrogens with one attached hydrogen (secondary N) is 1. The highest BCUT2D eigenvalue weighted by atomic mass is 16.6. The van der Waals surface area contributed by atoms with E-state index in [1.807, 2.05) is 13.8 Å². The number of hydrogen-bond acceptors (Lipinski definition) is 5. The van der Waals surface area contributed by atoms with E-state index in [0.29, 0.717) is 6.61 Å². The summed E-state index contributed by atoms with van der Waals surface area (Å²) in [6, 6.07) is -0.663. The van der Waals surface area contributed by atoms with Gasteiger partial charge in [0.25, 0.3) is 0 Å². The van der Waals surface area contributed by atoms with Crippen molar-refractivity contribution in [2.24, 2.45) is 5.92 Å². The Morgan fingerprint density at radius 2 is 1.89 bits per heavy atom. The maximum Gasteiger partial charge on any atom is 0.407 e. The van der Waals surface area contributed by atoms with Gasteiger partial charge in [-0.05, 0) is 31.8 Å². The van der Waals surface area contributed by atoms with Gasteiger partial charge in [0.05, 0.1) is 7.11 Å². The Bertz CT molecular complexity index is 301. The van der Waals surface area contributed by atoms with Crippen molar-refractivity contribution in [1.82, 2.24) is 10.2 Å². The lowest BCUT2D eigenvalue weighted by atomic mass is 10.1. The molecule has 1 aliphatic heterocycles. The number of nitrogens with zero attached hydrogens (tertiary/aromatic N) is 1. The maximum atomic E-state index is 11.6. The van der Waals surface area contributed by atoms with E-state index in [1.54, 1.807) is 0 Å². The number of hydrogen-bond donors (Lipinski definition) is 1. The predicted octanol–water partition coefficient (Wildman–Crippen LogP) is 1.01. The van der Waals surface area contributed by atoms with Crippen LogP contribution >= 0.6 is 0 Å². The number of carbonyl (C=O) groups excluding carboxylic acids is 2. The maximum absolute atomic E-state index is 11.6. The third-order valence-electron chi connectivity index (χ3n) is 3.23. The Balaban J connectivity index is 2.25. The summed E-state index contributed by atoms with van der Waals surface area (Å²) in [7, 11) is 1.30. The summed E-state index contributed by atoms with van der Waals surface area (Å²) in [5.41, 5.74) is 0. The quantitative estimate of drug-likeness (QED) is 0.731. The van der Waals surface area contributed by atoms with Gasteiger partial charge in [-0.1, -0.05) is 13.8 Å². The van der Waals surface area contributed by atoms with Crippen LogP contribution in [0.25, 0.3) is 0 Å². The first kappa shape index (κ1) is 15.8. The molecule has 1 rings (SSSR count). The zero-order valence-corrected chi connectivity index (χ0v) is 12.0. The third-order valence-corrected chi connectivity index (χ3v) is 3.23. The molecule has 1 amide bonds. The van der Waals surface area contributed by atoms with Gasteiger partial charge in [0.1, 0.15) is 12.6 Å². The number of rotatable bonds is 6. The van der Waals surface area contributed by atoms with Gasteiger partial charge >= 0.3 is 12.1 Å². The molecule has 1 N–H and O–H groups in total. The molecule has 1 heterocycles. The van der Waals surface area contributed by atoms with Crippen LogP contribution in [0.4, 0.5) is 4.79 Å². The molecule has 6 nitrogen and oxygen atoms in total. The fraction of sp³-hybridized carbons (Fsp3) is 0.846. The van der Waals surface area contributed by atoms with E-state index >= 15 is 0 Å². The second-order valence-corrected chi connectivity index (χ2v) is 5.07. The summed E-state index contributed by atoms with van der Waals surface area (Å²) in [4.78, 5) is 25.3. The first-order chi connectivity index (χ1) is 9.04. The van der Waals surface area contributed by atoms with Crippen LogP contribution in [0.3, 0.4) is 0 Å². The monoisotopic (exact) mass is 272 g/mol. The zero-order valence-electron chi connectivity index (χ0n) is 12.0. The van der Waals surface area contributed by atoms with Gasteiger partial charge in [0.2, 0.25) is 0 Å². The highest BCUT2D eigenvalue weighted by Crippen LogP contribution is 2.06. The molecule has 6 heteroatoms. The Kier molecular flexibility index (Phi) is 6.62. The molecule has 0 aromatic heterocycles. The smallest absolute Gasteiger partial charge is 0.407 e. The Morgan fingerprint density at radius 3 is 2.42 bits per heavy atom. The Labute approximate surface area is 114 Å². The fourth-order valence-electron chi connectivity index (χ4n) is 2.07. The Hall–Kier alpha value is -1.30. The van der Waals surface area contributed by atoms with E-state index in [-0.39, 0.29) is 5.92 Å². The van der Waals surface area contributed by atoms with Crippen molar-refractivity contribution in [3.8, 4) is 0 Å². The molecule has 1 aliphatic rings. The molecular weight excluding hydrogens is 248 g/mol. The van der Waals surface area contributed by atoms with Crippen LogP contribution in [0.15, 0.2) is 0 Å². The molecule has 0 aliphatic carbocycles. The molecule has 0 bridgehead atoms. The molecule has 0 unspecified atom stereocenters. The summed E-state index contributed by atoms with van der Waals surface area (Å²) in [5, 5.41) is 2.54. The molecule has 1 atom stereocenters. The number of methoxy groups -OCH3 is 1. The highest BCUT2D eigenvalue weighted by Gasteiger charge is 2.25. The van der Waals surface area contributed by atoms with Crippen molar-refractivity contribution in [3.63, 3.8) is 0 Å². The largest absolute Gasteiger partial charge is 0.467 e. The standard InChI is InChI=1S/C13H24N2O4/c1-10(2)11(12(16)18-3)14-13(17)19-9-8-15-6-4-5-7-15/h10-11H,4-9H2,1-3H3,(H,14,17)/t11-/m0/s1. The summed E-state index contributed by atoms with van der Waals surface area (Å²) in [6.07, 6.45) is 1.86. The number of likely N-dealkylation sites (tertiary alicyclic amines) is 1. The van der Waals surface area contributed by atoms with Crippen LogP contribution in [0.5, 0.6) is 0 Å². The van der Waals surface area contributed by atoms with E-state index in [2.05, 4.69) is 15.0 Å². The molecule has 1 fully saturated rings. The Morgan fingerprint density at radius 1 is 1.26 bits per heavy atom. The predicted molar refractivity (Wildman–Crippen MR) is 70.8 cm³/mol. The van der Waals surface area contributed by atoms with E-state index in [9.17, 15) is 9.59 Å². The lowest BCUT2D eigenvalue weighted by Gasteiger charge is -2.20. The average Bonchev–Trinajstić information content (AvgIpc) is 2.87. The lowest BCUT2D eigenvalue weighted by molar-refractivity contribution is -0.144. The van der Waals surface area contributed by atoms with Gasteiger partial charge in [-0.15, -0.1) is 0 Å². The van der Waals surface area contributed by atoms with Crippen molar-refractivity contribution < 1.29 is 19.1 Å². The van der Waals surface area contributed by atoms with E-state index in [0.717, 1.165) is 19.6 Å². The van der Waals surface area contributed by atoms with Gasteiger partial charge in [-0.3, -0.25) is 4.90 Å². The fourth-order valence-corrected chi connectivity index (χ4v) is 2.07. The molecule has 110 valence electrons. The minimum absolute atomic E-state index is 0.0430. The number of ether oxygens (including phenoxy) is 2. The number of esters is 1. The van der Waals surface area contributed by atoms with Gasteiger partial charge in [-0.25, -0.2) is 9.59 Å². The van der Waals surface area contributed by atoms with Crippen LogP contribution in [-0.2, 0) is 14.3 Å². The summed E-state index contributed by atoms with van der Waals surface area (Å²) < 4.78 is 9.72. The van der Waals surface area contributed by atoms with Crippen LogP contribution in [0.1, 0.15) is 26.7 Å². The molecule has 0 spiro atoms. The minimum Gasteiger partial charge on any atom is -0.467 e. The first-order valence-electron chi connectivity index (χ1n) is 6.78. The van der Waals surface area contributed by atoms with E-state index in [4.69, 9.17) is 4.74 Å². The molecule has 0 aromatic rings. The average molecular weight is 272 g/mol. The number of alkyl carbamates (subject to hydrolysis) is 1. The second-order valence-electron chi connectivity index (χ2n) is 5.07. The number of amides is 1. The van der Waals surface area contributed by atoms with Gasteiger partial charge in [0, 0.05) is 6.54 Å². The summed E-state index contributed by atoms with van der Waals surface area (Å²) >= 11 is 0. The third kappa shape index (κ3) is 5.46. The molecule has 0 radical (unpaired) electrons. The normalized spacial score (nSPS) is 17.3. The van der Waals surface area contributed by atoms with Crippen molar-refractivity contribution in [3.05, 3.63) is 0 Å². The van der Waals surface area contributed by atoms with Crippen molar-refractivity contribution in [2.75, 3.05) is 33.4 Å². The van der Waals surface area contributed by atoms with E-state index < -0.39 is 18.1 Å². The second kappa shape index (κ2) is 7.99. The van der Waals surface area contributed by atoms with Gasteiger partial charge < -0.3 is 14.8 Å². The molecular formula is C13H24N2O4. The summed E-state index contributed by atoms with van der Waals surface area (Å²) in [6.45, 7) is 6.91. The van der Waals surface area contributed by atoms with Crippen LogP contribution in [0, 0.1) is 5.92 Å². The first-order valence-corrected chi connectivity index (χ1v) is 6.78. The SMILES string of the molecule is COC(=O)[C@@H](NC(=O)OCCN1CCCC1)C(C)C. The van der Waals surface area contributed by atoms with Crippen LogP contribution in [0.2, 0.25) is 0 Å². The highest BCUT2D eigenvalue weighted by molar-refractivity contribution is 5.81. The van der Waals surface area contributed by atoms with Crippen molar-refractivity contribution in [1.29, 1.82) is 0 Å². The zero-order chi connectivity index (χ0) is 14.3. The molecule has 0 saturated carbocycles. The van der Waals surface area contributed by atoms with Crippen LogP contribution < -0.4 is 5.32 Å². The van der Waals surface area contributed by atoms with Crippen molar-refractivity contribution >= 4 is 12.1 Å². The number of carbonyl (C=O) groups is 2.